The zero-order chi connectivity index (χ0) is 21.9. The summed E-state index contributed by atoms with van der Waals surface area (Å²) < 4.78 is 28.3. The first-order valence-electron chi connectivity index (χ1n) is 10.6. The minimum Gasteiger partial charge on any atom is -0.465 e. The number of carbonyl (C=O) groups is 2. The number of benzene rings is 1. The number of halogens is 2. The Labute approximate surface area is 178 Å². The van der Waals surface area contributed by atoms with Gasteiger partial charge in [0.1, 0.15) is 0 Å². The molecule has 1 aliphatic heterocycles. The molecule has 164 valence electrons. The Bertz CT molecular complexity index is 1040. The molecule has 2 aromatic rings. The van der Waals surface area contributed by atoms with E-state index in [-0.39, 0.29) is 43.7 Å². The fraction of sp³-hybridized carbons (Fsp3) is 0.500. The Hall–Kier alpha value is -2.97. The Morgan fingerprint density at radius 3 is 2.58 bits per heavy atom. The van der Waals surface area contributed by atoms with Gasteiger partial charge >= 0.3 is 6.09 Å². The van der Waals surface area contributed by atoms with Gasteiger partial charge in [-0.3, -0.25) is 14.4 Å². The molecular formula is C22H24F2N4O3. The summed E-state index contributed by atoms with van der Waals surface area (Å²) in [5.41, 5.74) is 2.62. The van der Waals surface area contributed by atoms with Crippen molar-refractivity contribution in [3.8, 4) is 11.1 Å². The molecule has 0 spiro atoms. The van der Waals surface area contributed by atoms with Gasteiger partial charge in [0.15, 0.2) is 0 Å². The van der Waals surface area contributed by atoms with Crippen LogP contribution in [0.5, 0.6) is 0 Å². The summed E-state index contributed by atoms with van der Waals surface area (Å²) in [5, 5.41) is 14.1. The quantitative estimate of drug-likeness (QED) is 0.773. The fourth-order valence-electron chi connectivity index (χ4n) is 4.67. The first-order chi connectivity index (χ1) is 14.7. The van der Waals surface area contributed by atoms with E-state index < -0.39 is 12.0 Å². The molecule has 1 aromatic heterocycles. The third-order valence-corrected chi connectivity index (χ3v) is 6.41. The molecule has 2 saturated carbocycles. The average molecular weight is 430 g/mol. The van der Waals surface area contributed by atoms with Gasteiger partial charge in [0, 0.05) is 37.6 Å². The lowest BCUT2D eigenvalue weighted by Crippen LogP contribution is -2.52. The van der Waals surface area contributed by atoms with Crippen LogP contribution in [0.15, 0.2) is 30.6 Å². The summed E-state index contributed by atoms with van der Waals surface area (Å²) in [4.78, 5) is 27.7. The molecule has 1 atom stereocenters. The number of amides is 2. The van der Waals surface area contributed by atoms with Gasteiger partial charge in [-0.05, 0) is 43.4 Å². The van der Waals surface area contributed by atoms with E-state index in [0.29, 0.717) is 17.4 Å². The number of carboxylic acid groups (broad SMARTS) is 1. The third-order valence-electron chi connectivity index (χ3n) is 6.41. The molecule has 1 N–H and O–H groups in total. The molecule has 0 saturated heterocycles. The molecule has 0 unspecified atom stereocenters. The fourth-order valence-corrected chi connectivity index (χ4v) is 4.67. The number of rotatable bonds is 4. The lowest BCUT2D eigenvalue weighted by atomic mass is 9.79. The monoisotopic (exact) mass is 430 g/mol. The second-order valence-electron chi connectivity index (χ2n) is 8.98. The maximum absolute atomic E-state index is 13.2. The van der Waals surface area contributed by atoms with E-state index in [2.05, 4.69) is 5.10 Å². The zero-order valence-electron chi connectivity index (χ0n) is 17.2. The Morgan fingerprint density at radius 1 is 1.19 bits per heavy atom. The number of alkyl halides is 2. The van der Waals surface area contributed by atoms with Gasteiger partial charge in [-0.25, -0.2) is 13.6 Å². The third kappa shape index (κ3) is 3.66. The number of hydrogen-bond acceptors (Lipinski definition) is 3. The standard InChI is InChI=1S/C22H24F2N4O3/c1-13-11-26(21(30)31)19-7-15(16-10-25-27(12-16)17-3-4-17)2-5-18(19)28(13)20(29)6-14-8-22(23,24)9-14/h2,5,7,10,12-14,17H,3-4,6,8-9,11H2,1H3,(H,30,31)/t13-/m0/s1. The maximum atomic E-state index is 13.2. The van der Waals surface area contributed by atoms with Crippen molar-refractivity contribution < 1.29 is 23.5 Å². The van der Waals surface area contributed by atoms with Crippen LogP contribution in [0.25, 0.3) is 11.1 Å². The van der Waals surface area contributed by atoms with Crippen LogP contribution in [0.4, 0.5) is 25.0 Å². The predicted octanol–water partition coefficient (Wildman–Crippen LogP) is 4.54. The average Bonchev–Trinajstić information content (AvgIpc) is 3.42. The lowest BCUT2D eigenvalue weighted by Gasteiger charge is -2.42. The first kappa shape index (κ1) is 20.0. The van der Waals surface area contributed by atoms with Gasteiger partial charge in [-0.15, -0.1) is 0 Å². The van der Waals surface area contributed by atoms with Crippen LogP contribution in [0.2, 0.25) is 0 Å². The zero-order valence-corrected chi connectivity index (χ0v) is 17.2. The molecular weight excluding hydrogens is 406 g/mol. The molecule has 1 aromatic carbocycles. The number of hydrogen-bond donors (Lipinski definition) is 1. The summed E-state index contributed by atoms with van der Waals surface area (Å²) >= 11 is 0. The van der Waals surface area contributed by atoms with Crippen molar-refractivity contribution in [3.05, 3.63) is 30.6 Å². The molecule has 0 radical (unpaired) electrons. The largest absolute Gasteiger partial charge is 0.465 e. The predicted molar refractivity (Wildman–Crippen MR) is 111 cm³/mol. The van der Waals surface area contributed by atoms with Gasteiger partial charge < -0.3 is 10.0 Å². The number of aromatic nitrogens is 2. The van der Waals surface area contributed by atoms with Crippen molar-refractivity contribution >= 4 is 23.4 Å². The summed E-state index contributed by atoms with van der Waals surface area (Å²) in [6.45, 7) is 1.90. The van der Waals surface area contributed by atoms with Crippen molar-refractivity contribution in [2.24, 2.45) is 5.92 Å². The van der Waals surface area contributed by atoms with Crippen molar-refractivity contribution in [2.75, 3.05) is 16.3 Å². The van der Waals surface area contributed by atoms with Crippen LogP contribution in [0.1, 0.15) is 45.1 Å². The highest BCUT2D eigenvalue weighted by molar-refractivity contribution is 6.03. The summed E-state index contributed by atoms with van der Waals surface area (Å²) in [7, 11) is 0. The highest BCUT2D eigenvalue weighted by atomic mass is 19.3. The topological polar surface area (TPSA) is 78.7 Å². The summed E-state index contributed by atoms with van der Waals surface area (Å²) in [6, 6.07) is 5.41. The van der Waals surface area contributed by atoms with Crippen LogP contribution >= 0.6 is 0 Å². The number of nitrogens with zero attached hydrogens (tertiary/aromatic N) is 4. The van der Waals surface area contributed by atoms with Crippen molar-refractivity contribution in [2.45, 2.75) is 57.0 Å². The molecule has 2 amide bonds. The highest BCUT2D eigenvalue weighted by Crippen LogP contribution is 2.45. The molecule has 7 nitrogen and oxygen atoms in total. The molecule has 31 heavy (non-hydrogen) atoms. The van der Waals surface area contributed by atoms with Crippen LogP contribution in [-0.4, -0.2) is 45.4 Å². The smallest absolute Gasteiger partial charge is 0.411 e. The van der Waals surface area contributed by atoms with Gasteiger partial charge in [0.05, 0.1) is 29.7 Å². The minimum atomic E-state index is -2.67. The normalized spacial score (nSPS) is 22.7. The van der Waals surface area contributed by atoms with E-state index in [1.165, 1.54) is 4.90 Å². The van der Waals surface area contributed by atoms with Crippen LogP contribution in [0.3, 0.4) is 0 Å². The summed E-state index contributed by atoms with van der Waals surface area (Å²) in [5.74, 6) is -3.24. The molecule has 3 aliphatic rings. The highest BCUT2D eigenvalue weighted by Gasteiger charge is 2.47. The second-order valence-corrected chi connectivity index (χ2v) is 8.98. The Kier molecular flexibility index (Phi) is 4.53. The van der Waals surface area contributed by atoms with Crippen LogP contribution in [0, 0.1) is 5.92 Å². The van der Waals surface area contributed by atoms with Gasteiger partial charge in [-0.2, -0.15) is 5.10 Å². The summed E-state index contributed by atoms with van der Waals surface area (Å²) in [6.07, 6.45) is 4.36. The first-order valence-corrected chi connectivity index (χ1v) is 10.6. The number of fused-ring (bicyclic) bond motifs is 1. The molecule has 0 bridgehead atoms. The van der Waals surface area contributed by atoms with Crippen LogP contribution < -0.4 is 9.80 Å². The molecule has 2 heterocycles. The molecule has 9 heteroatoms. The van der Waals surface area contributed by atoms with E-state index in [0.717, 1.165) is 24.0 Å². The number of carbonyl (C=O) groups excluding carboxylic acids is 1. The van der Waals surface area contributed by atoms with E-state index in [4.69, 9.17) is 0 Å². The molecule has 5 rings (SSSR count). The van der Waals surface area contributed by atoms with E-state index >= 15 is 0 Å². The molecule has 2 aliphatic carbocycles. The van der Waals surface area contributed by atoms with Crippen molar-refractivity contribution in [1.29, 1.82) is 0 Å². The van der Waals surface area contributed by atoms with Gasteiger partial charge in [0.2, 0.25) is 11.8 Å². The van der Waals surface area contributed by atoms with E-state index in [1.807, 2.05) is 16.9 Å². The van der Waals surface area contributed by atoms with Crippen LogP contribution in [-0.2, 0) is 4.79 Å². The maximum Gasteiger partial charge on any atom is 0.411 e. The number of anilines is 2. The Morgan fingerprint density at radius 2 is 1.94 bits per heavy atom. The van der Waals surface area contributed by atoms with Gasteiger partial charge in [-0.1, -0.05) is 6.07 Å². The Balaban J connectivity index is 1.46. The minimum absolute atomic E-state index is 0.0440. The van der Waals surface area contributed by atoms with Gasteiger partial charge in [0.25, 0.3) is 0 Å². The van der Waals surface area contributed by atoms with E-state index in [1.54, 1.807) is 30.2 Å². The SMILES string of the molecule is C[C@H]1CN(C(=O)O)c2cc(-c3cnn(C4CC4)c3)ccc2N1C(=O)CC1CC(F)(F)C1. The second kappa shape index (κ2) is 7.03. The van der Waals surface area contributed by atoms with Crippen molar-refractivity contribution in [3.63, 3.8) is 0 Å². The van der Waals surface area contributed by atoms with E-state index in [9.17, 15) is 23.5 Å². The molecule has 2 fully saturated rings. The lowest BCUT2D eigenvalue weighted by molar-refractivity contribution is -0.132. The van der Waals surface area contributed by atoms with Crippen molar-refractivity contribution in [1.82, 2.24) is 9.78 Å².